The molecule has 0 aromatic heterocycles. The van der Waals surface area contributed by atoms with Gasteiger partial charge in [0.1, 0.15) is 0 Å². The first-order chi connectivity index (χ1) is 4.52. The van der Waals surface area contributed by atoms with Gasteiger partial charge in [0.15, 0.2) is 5.83 Å². The fourth-order valence-corrected chi connectivity index (χ4v) is 0.438. The fourth-order valence-electron chi connectivity index (χ4n) is 0.438. The molecule has 0 atom stereocenters. The van der Waals surface area contributed by atoms with E-state index < -0.39 is 17.7 Å². The molecule has 1 radical (unpaired) electrons. The SMILES string of the molecule is FC1=C[N]N=C1C(F)(F)F. The lowest BCUT2D eigenvalue weighted by Gasteiger charge is -2.01. The zero-order valence-electron chi connectivity index (χ0n) is 4.48. The van der Waals surface area contributed by atoms with Crippen molar-refractivity contribution in [3.8, 4) is 0 Å². The summed E-state index contributed by atoms with van der Waals surface area (Å²) >= 11 is 0. The number of allylic oxidation sites excluding steroid dienone is 1. The molecule has 0 aliphatic carbocycles. The Balaban J connectivity index is 2.85. The lowest BCUT2D eigenvalue weighted by molar-refractivity contribution is -0.0590. The monoisotopic (exact) mass is 153 g/mol. The van der Waals surface area contributed by atoms with Crippen molar-refractivity contribution in [2.24, 2.45) is 5.10 Å². The third kappa shape index (κ3) is 1.09. The van der Waals surface area contributed by atoms with Crippen molar-refractivity contribution in [1.29, 1.82) is 0 Å². The van der Waals surface area contributed by atoms with Gasteiger partial charge in [0.25, 0.3) is 0 Å². The summed E-state index contributed by atoms with van der Waals surface area (Å²) in [5.41, 5.74) is 1.18. The molecule has 1 aliphatic heterocycles. The highest BCUT2D eigenvalue weighted by molar-refractivity contribution is 6.03. The molecule has 1 aliphatic rings. The number of nitrogens with zero attached hydrogens (tertiary/aromatic N) is 2. The van der Waals surface area contributed by atoms with Crippen LogP contribution < -0.4 is 5.43 Å². The molecule has 55 valence electrons. The first kappa shape index (κ1) is 7.04. The van der Waals surface area contributed by atoms with Crippen LogP contribution >= 0.6 is 0 Å². The summed E-state index contributed by atoms with van der Waals surface area (Å²) in [6.45, 7) is 0. The predicted molar refractivity (Wildman–Crippen MR) is 24.8 cm³/mol. The van der Waals surface area contributed by atoms with E-state index in [9.17, 15) is 17.6 Å². The number of hydrogen-bond donors (Lipinski definition) is 0. The average Bonchev–Trinajstić information content (AvgIpc) is 2.11. The third-order valence-corrected chi connectivity index (χ3v) is 0.824. The van der Waals surface area contributed by atoms with E-state index in [1.807, 2.05) is 0 Å². The van der Waals surface area contributed by atoms with Gasteiger partial charge in [-0.2, -0.15) is 18.6 Å². The Hall–Kier alpha value is -1.07. The van der Waals surface area contributed by atoms with Gasteiger partial charge in [-0.3, -0.25) is 0 Å². The first-order valence-electron chi connectivity index (χ1n) is 2.23. The Labute approximate surface area is 53.2 Å². The summed E-state index contributed by atoms with van der Waals surface area (Å²) in [5.74, 6) is -1.44. The van der Waals surface area contributed by atoms with Crippen molar-refractivity contribution >= 4 is 5.71 Å². The average molecular weight is 153 g/mol. The number of halogens is 4. The molecule has 0 aromatic rings. The molecule has 0 N–H and O–H groups in total. The van der Waals surface area contributed by atoms with Crippen LogP contribution in [0.1, 0.15) is 0 Å². The van der Waals surface area contributed by atoms with Crippen molar-refractivity contribution in [3.63, 3.8) is 0 Å². The summed E-state index contributed by atoms with van der Waals surface area (Å²) in [6, 6.07) is 0. The second kappa shape index (κ2) is 1.96. The van der Waals surface area contributed by atoms with Gasteiger partial charge in [-0.1, -0.05) is 0 Å². The fraction of sp³-hybridized carbons (Fsp3) is 0.250. The molecule has 1 rings (SSSR count). The minimum absolute atomic E-state index is 0.419. The Morgan fingerprint density at radius 2 is 1.90 bits per heavy atom. The largest absolute Gasteiger partial charge is 0.438 e. The van der Waals surface area contributed by atoms with Gasteiger partial charge in [0, 0.05) is 0 Å². The predicted octanol–water partition coefficient (Wildman–Crippen LogP) is 1.33. The summed E-state index contributed by atoms with van der Waals surface area (Å²) in [7, 11) is 0. The van der Waals surface area contributed by atoms with Crippen molar-refractivity contribution in [2.45, 2.75) is 6.18 Å². The van der Waals surface area contributed by atoms with E-state index in [1.54, 1.807) is 0 Å². The lowest BCUT2D eigenvalue weighted by atomic mass is 10.3. The Kier molecular flexibility index (Phi) is 1.38. The molecule has 0 fully saturated rings. The van der Waals surface area contributed by atoms with Gasteiger partial charge in [-0.05, 0) is 0 Å². The molecule has 0 spiro atoms. The van der Waals surface area contributed by atoms with Crippen LogP contribution in [0, 0.1) is 0 Å². The van der Waals surface area contributed by atoms with Crippen molar-refractivity contribution in [1.82, 2.24) is 5.43 Å². The molecule has 0 bridgehead atoms. The molecular formula is C4HF4N2. The Bertz CT molecular complexity index is 202. The number of rotatable bonds is 0. The highest BCUT2D eigenvalue weighted by atomic mass is 19.4. The molecule has 0 aromatic carbocycles. The van der Waals surface area contributed by atoms with E-state index in [1.165, 1.54) is 0 Å². The summed E-state index contributed by atoms with van der Waals surface area (Å²) in [6.07, 6.45) is -4.32. The van der Waals surface area contributed by atoms with Crippen LogP contribution in [0.2, 0.25) is 0 Å². The maximum Gasteiger partial charge on any atom is 0.438 e. The minimum Gasteiger partial charge on any atom is -0.203 e. The van der Waals surface area contributed by atoms with Gasteiger partial charge in [0.2, 0.25) is 5.71 Å². The molecule has 1 heterocycles. The smallest absolute Gasteiger partial charge is 0.203 e. The second-order valence-corrected chi connectivity index (χ2v) is 1.54. The van der Waals surface area contributed by atoms with E-state index in [0.29, 0.717) is 6.20 Å². The maximum absolute atomic E-state index is 12.0. The van der Waals surface area contributed by atoms with Crippen LogP contribution in [0.15, 0.2) is 17.1 Å². The van der Waals surface area contributed by atoms with Gasteiger partial charge in [-0.25, -0.2) is 4.39 Å². The Morgan fingerprint density at radius 1 is 1.30 bits per heavy atom. The molecule has 0 unspecified atom stereocenters. The highest BCUT2D eigenvalue weighted by Gasteiger charge is 2.41. The first-order valence-corrected chi connectivity index (χ1v) is 2.23. The van der Waals surface area contributed by atoms with Crippen LogP contribution in [-0.2, 0) is 0 Å². The molecule has 10 heavy (non-hydrogen) atoms. The van der Waals surface area contributed by atoms with Gasteiger partial charge in [0.05, 0.1) is 6.20 Å². The maximum atomic E-state index is 12.0. The zero-order chi connectivity index (χ0) is 7.78. The normalized spacial score (nSPS) is 18.0. The van der Waals surface area contributed by atoms with Crippen molar-refractivity contribution in [2.75, 3.05) is 0 Å². The van der Waals surface area contributed by atoms with Crippen LogP contribution in [0.3, 0.4) is 0 Å². The van der Waals surface area contributed by atoms with Gasteiger partial charge >= 0.3 is 6.18 Å². The lowest BCUT2D eigenvalue weighted by Crippen LogP contribution is -2.21. The van der Waals surface area contributed by atoms with Crippen LogP contribution in [0.5, 0.6) is 0 Å². The van der Waals surface area contributed by atoms with Crippen LogP contribution in [0.25, 0.3) is 0 Å². The number of hydrogen-bond acceptors (Lipinski definition) is 1. The molecule has 6 heteroatoms. The van der Waals surface area contributed by atoms with Crippen molar-refractivity contribution < 1.29 is 17.6 Å². The molecule has 0 saturated carbocycles. The van der Waals surface area contributed by atoms with E-state index in [-0.39, 0.29) is 0 Å². The number of alkyl halides is 3. The van der Waals surface area contributed by atoms with E-state index >= 15 is 0 Å². The Morgan fingerprint density at radius 3 is 2.10 bits per heavy atom. The van der Waals surface area contributed by atoms with E-state index in [4.69, 9.17) is 0 Å². The highest BCUT2D eigenvalue weighted by Crippen LogP contribution is 2.24. The van der Waals surface area contributed by atoms with E-state index in [0.717, 1.165) is 0 Å². The van der Waals surface area contributed by atoms with Crippen molar-refractivity contribution in [3.05, 3.63) is 12.0 Å². The third-order valence-electron chi connectivity index (χ3n) is 0.824. The summed E-state index contributed by atoms with van der Waals surface area (Å²) < 4.78 is 46.6. The summed E-state index contributed by atoms with van der Waals surface area (Å²) in [4.78, 5) is 0. The summed E-state index contributed by atoms with van der Waals surface area (Å²) in [5, 5.41) is 2.54. The van der Waals surface area contributed by atoms with Gasteiger partial charge in [-0.15, -0.1) is 5.10 Å². The topological polar surface area (TPSA) is 26.5 Å². The second-order valence-electron chi connectivity index (χ2n) is 1.54. The molecule has 0 amide bonds. The minimum atomic E-state index is -4.74. The molecule has 0 saturated heterocycles. The molecular weight excluding hydrogens is 152 g/mol. The van der Waals surface area contributed by atoms with Crippen LogP contribution in [0.4, 0.5) is 17.6 Å². The van der Waals surface area contributed by atoms with Crippen LogP contribution in [-0.4, -0.2) is 11.9 Å². The van der Waals surface area contributed by atoms with Gasteiger partial charge < -0.3 is 0 Å². The zero-order valence-corrected chi connectivity index (χ0v) is 4.48. The van der Waals surface area contributed by atoms with E-state index in [2.05, 4.69) is 10.5 Å². The molecule has 2 nitrogen and oxygen atoms in total. The quantitative estimate of drug-likeness (QED) is 0.469. The standard InChI is InChI=1S/C4HF4N2/c5-2-1-9-10-3(2)4(6,7)8/h1H.